The Balaban J connectivity index is 1.31. The standard InChI is InChI=1S/C21H26N6/c1-2-5-18(6-3-1)25-11-7-17(15-25)16-26-12-9-23-21(26)20-13-19-14-22-8-4-10-27(19)24-20/h1-3,5-6,9,12-13,17,22H,4,7-8,10-11,14-16H2/t17-/m0/s1. The maximum atomic E-state index is 4.83. The zero-order chi connectivity index (χ0) is 18.1. The fourth-order valence-electron chi connectivity index (χ4n) is 4.29. The number of anilines is 1. The molecule has 6 heteroatoms. The lowest BCUT2D eigenvalue weighted by Crippen LogP contribution is -2.21. The van der Waals surface area contributed by atoms with Crippen molar-refractivity contribution >= 4 is 5.69 Å². The minimum Gasteiger partial charge on any atom is -0.371 e. The first-order valence-corrected chi connectivity index (χ1v) is 9.96. The van der Waals surface area contributed by atoms with Gasteiger partial charge in [0.15, 0.2) is 5.82 Å². The quantitative estimate of drug-likeness (QED) is 0.775. The van der Waals surface area contributed by atoms with Crippen LogP contribution in [0.25, 0.3) is 11.5 Å². The van der Waals surface area contributed by atoms with Crippen LogP contribution in [0.5, 0.6) is 0 Å². The maximum absolute atomic E-state index is 4.83. The minimum atomic E-state index is 0.639. The second-order valence-corrected chi connectivity index (χ2v) is 7.61. The smallest absolute Gasteiger partial charge is 0.160 e. The Bertz CT molecular complexity index is 873. The zero-order valence-corrected chi connectivity index (χ0v) is 15.6. The lowest BCUT2D eigenvalue weighted by atomic mass is 10.1. The van der Waals surface area contributed by atoms with Crippen molar-refractivity contribution in [1.29, 1.82) is 0 Å². The van der Waals surface area contributed by atoms with E-state index in [9.17, 15) is 0 Å². The van der Waals surface area contributed by atoms with Crippen molar-refractivity contribution in [3.63, 3.8) is 0 Å². The summed E-state index contributed by atoms with van der Waals surface area (Å²) in [6.45, 7) is 6.17. The van der Waals surface area contributed by atoms with Crippen molar-refractivity contribution in [3.8, 4) is 11.5 Å². The predicted molar refractivity (Wildman–Crippen MR) is 107 cm³/mol. The van der Waals surface area contributed by atoms with E-state index >= 15 is 0 Å². The topological polar surface area (TPSA) is 50.9 Å². The van der Waals surface area contributed by atoms with Crippen LogP contribution in [0.1, 0.15) is 18.5 Å². The molecular weight excluding hydrogens is 336 g/mol. The third-order valence-electron chi connectivity index (χ3n) is 5.70. The largest absolute Gasteiger partial charge is 0.371 e. The Morgan fingerprint density at radius 1 is 1.15 bits per heavy atom. The Morgan fingerprint density at radius 3 is 3.00 bits per heavy atom. The molecular formula is C21H26N6. The molecule has 0 saturated carbocycles. The summed E-state index contributed by atoms with van der Waals surface area (Å²) in [5.74, 6) is 1.63. The number of nitrogens with one attached hydrogen (secondary N) is 1. The number of aromatic nitrogens is 4. The molecule has 0 bridgehead atoms. The molecule has 2 aliphatic rings. The summed E-state index contributed by atoms with van der Waals surface area (Å²) in [5.41, 5.74) is 3.58. The van der Waals surface area contributed by atoms with Crippen LogP contribution in [0.4, 0.5) is 5.69 Å². The summed E-state index contributed by atoms with van der Waals surface area (Å²) in [6.07, 6.45) is 6.35. The first-order chi connectivity index (χ1) is 13.4. The Labute approximate surface area is 159 Å². The predicted octanol–water partition coefficient (Wildman–Crippen LogP) is 2.77. The molecule has 2 aromatic heterocycles. The lowest BCUT2D eigenvalue weighted by Gasteiger charge is -2.19. The second-order valence-electron chi connectivity index (χ2n) is 7.61. The van der Waals surface area contributed by atoms with E-state index < -0.39 is 0 Å². The van der Waals surface area contributed by atoms with Gasteiger partial charge in [-0.25, -0.2) is 4.98 Å². The SMILES string of the molecule is c1ccc(N2CC[C@H](Cn3ccnc3-c3cc4n(n3)CCCNC4)C2)cc1. The van der Waals surface area contributed by atoms with Crippen LogP contribution >= 0.6 is 0 Å². The number of nitrogens with zero attached hydrogens (tertiary/aromatic N) is 5. The average Bonchev–Trinajstić information content (AvgIpc) is 3.41. The molecule has 0 spiro atoms. The van der Waals surface area contributed by atoms with Crippen molar-refractivity contribution in [2.24, 2.45) is 5.92 Å². The molecule has 27 heavy (non-hydrogen) atoms. The van der Waals surface area contributed by atoms with Gasteiger partial charge >= 0.3 is 0 Å². The van der Waals surface area contributed by atoms with E-state index in [0.717, 1.165) is 57.2 Å². The summed E-state index contributed by atoms with van der Waals surface area (Å²) < 4.78 is 4.43. The summed E-state index contributed by atoms with van der Waals surface area (Å²) >= 11 is 0. The first kappa shape index (κ1) is 16.6. The average molecular weight is 362 g/mol. The fraction of sp³-hybridized carbons (Fsp3) is 0.429. The van der Waals surface area contributed by atoms with Crippen LogP contribution in [-0.2, 0) is 19.6 Å². The molecule has 5 rings (SSSR count). The van der Waals surface area contributed by atoms with Gasteiger partial charge in [-0.15, -0.1) is 0 Å². The highest BCUT2D eigenvalue weighted by Crippen LogP contribution is 2.26. The van der Waals surface area contributed by atoms with Crippen LogP contribution in [0.2, 0.25) is 0 Å². The van der Waals surface area contributed by atoms with Gasteiger partial charge in [0.1, 0.15) is 5.69 Å². The van der Waals surface area contributed by atoms with Gasteiger partial charge in [0, 0.05) is 50.8 Å². The van der Waals surface area contributed by atoms with Crippen molar-refractivity contribution in [2.75, 3.05) is 24.5 Å². The molecule has 3 aromatic rings. The number of rotatable bonds is 4. The minimum absolute atomic E-state index is 0.639. The van der Waals surface area contributed by atoms with E-state index in [4.69, 9.17) is 5.10 Å². The molecule has 1 fully saturated rings. The lowest BCUT2D eigenvalue weighted by molar-refractivity contribution is 0.487. The molecule has 1 N–H and O–H groups in total. The van der Waals surface area contributed by atoms with Crippen LogP contribution in [-0.4, -0.2) is 39.0 Å². The normalized spacial score (nSPS) is 19.9. The van der Waals surface area contributed by atoms with Gasteiger partial charge in [-0.05, 0) is 43.5 Å². The van der Waals surface area contributed by atoms with E-state index in [1.165, 1.54) is 17.8 Å². The van der Waals surface area contributed by atoms with Gasteiger partial charge in [-0.2, -0.15) is 5.10 Å². The Hall–Kier alpha value is -2.60. The summed E-state index contributed by atoms with van der Waals surface area (Å²) in [6, 6.07) is 12.9. The summed E-state index contributed by atoms with van der Waals surface area (Å²) in [7, 11) is 0. The zero-order valence-electron chi connectivity index (χ0n) is 15.6. The van der Waals surface area contributed by atoms with Gasteiger partial charge in [-0.3, -0.25) is 4.68 Å². The van der Waals surface area contributed by atoms with Crippen molar-refractivity contribution in [2.45, 2.75) is 32.5 Å². The molecule has 1 aromatic carbocycles. The van der Waals surface area contributed by atoms with E-state index in [1.807, 2.05) is 6.20 Å². The van der Waals surface area contributed by atoms with Crippen LogP contribution in [0.3, 0.4) is 0 Å². The highest BCUT2D eigenvalue weighted by Gasteiger charge is 2.24. The van der Waals surface area contributed by atoms with E-state index in [1.54, 1.807) is 0 Å². The number of hydrogen-bond acceptors (Lipinski definition) is 4. The number of imidazole rings is 1. The molecule has 4 heterocycles. The molecule has 1 atom stereocenters. The van der Waals surface area contributed by atoms with Gasteiger partial charge in [-0.1, -0.05) is 18.2 Å². The number of benzene rings is 1. The molecule has 0 aliphatic carbocycles. The van der Waals surface area contributed by atoms with Crippen molar-refractivity contribution in [3.05, 3.63) is 54.5 Å². The Morgan fingerprint density at radius 2 is 2.07 bits per heavy atom. The van der Waals surface area contributed by atoms with E-state index in [2.05, 4.69) is 67.0 Å². The summed E-state index contributed by atoms with van der Waals surface area (Å²) in [5, 5.41) is 8.30. The molecule has 0 amide bonds. The molecule has 1 saturated heterocycles. The van der Waals surface area contributed by atoms with Crippen LogP contribution in [0.15, 0.2) is 48.8 Å². The number of fused-ring (bicyclic) bond motifs is 1. The summed E-state index contributed by atoms with van der Waals surface area (Å²) in [4.78, 5) is 7.12. The second kappa shape index (κ2) is 7.19. The molecule has 2 aliphatic heterocycles. The highest BCUT2D eigenvalue weighted by atomic mass is 15.3. The monoisotopic (exact) mass is 362 g/mol. The van der Waals surface area contributed by atoms with Crippen LogP contribution in [0, 0.1) is 5.92 Å². The first-order valence-electron chi connectivity index (χ1n) is 9.96. The highest BCUT2D eigenvalue weighted by molar-refractivity contribution is 5.51. The van der Waals surface area contributed by atoms with Gasteiger partial charge in [0.05, 0.1) is 5.69 Å². The number of para-hydroxylation sites is 1. The van der Waals surface area contributed by atoms with Crippen LogP contribution < -0.4 is 10.2 Å². The number of aryl methyl sites for hydroxylation is 1. The fourth-order valence-corrected chi connectivity index (χ4v) is 4.29. The third-order valence-corrected chi connectivity index (χ3v) is 5.70. The molecule has 0 unspecified atom stereocenters. The van der Waals surface area contributed by atoms with Crippen molar-refractivity contribution in [1.82, 2.24) is 24.6 Å². The van der Waals surface area contributed by atoms with Crippen molar-refractivity contribution < 1.29 is 0 Å². The van der Waals surface area contributed by atoms with Gasteiger partial charge in [0.25, 0.3) is 0 Å². The molecule has 0 radical (unpaired) electrons. The van der Waals surface area contributed by atoms with Gasteiger partial charge in [0.2, 0.25) is 0 Å². The third kappa shape index (κ3) is 3.37. The van der Waals surface area contributed by atoms with Gasteiger partial charge < -0.3 is 14.8 Å². The Kier molecular flexibility index (Phi) is 4.41. The maximum Gasteiger partial charge on any atom is 0.160 e. The van der Waals surface area contributed by atoms with E-state index in [-0.39, 0.29) is 0 Å². The molecule has 6 nitrogen and oxygen atoms in total. The number of hydrogen-bond donors (Lipinski definition) is 1. The van der Waals surface area contributed by atoms with E-state index in [0.29, 0.717) is 5.92 Å². The molecule has 140 valence electrons.